The predicted molar refractivity (Wildman–Crippen MR) is 69.7 cm³/mol. The van der Waals surface area contributed by atoms with Gasteiger partial charge in [-0.15, -0.1) is 0 Å². The third-order valence-corrected chi connectivity index (χ3v) is 2.71. The Labute approximate surface area is 106 Å². The Hall–Kier alpha value is -2.23. The van der Waals surface area contributed by atoms with Crippen LogP contribution in [0.2, 0.25) is 0 Å². The number of nitrogens with two attached hydrogens (primary N) is 1. The summed E-state index contributed by atoms with van der Waals surface area (Å²) in [6.45, 7) is 0.462. The number of carbonyl (C=O) groups is 1. The van der Waals surface area contributed by atoms with E-state index in [0.717, 1.165) is 11.3 Å². The maximum atomic E-state index is 11.6. The number of benzene rings is 1. The van der Waals surface area contributed by atoms with Crippen LogP contribution in [0.3, 0.4) is 0 Å². The summed E-state index contributed by atoms with van der Waals surface area (Å²) in [5, 5.41) is 2.84. The number of carbonyl (C=O) groups excluding carboxylic acids is 1. The third kappa shape index (κ3) is 3.38. The number of nitrogens with one attached hydrogen (secondary N) is 1. The number of para-hydroxylation sites is 1. The molecule has 4 nitrogen and oxygen atoms in total. The zero-order valence-electron chi connectivity index (χ0n) is 10.1. The van der Waals surface area contributed by atoms with Crippen molar-refractivity contribution in [2.45, 2.75) is 19.4 Å². The number of hydrogen-bond donors (Lipinski definition) is 2. The van der Waals surface area contributed by atoms with Crippen molar-refractivity contribution in [3.8, 4) is 0 Å². The molecule has 0 radical (unpaired) electrons. The molecule has 0 saturated carbocycles. The van der Waals surface area contributed by atoms with Gasteiger partial charge in [-0.1, -0.05) is 18.2 Å². The second-order valence-corrected chi connectivity index (χ2v) is 4.05. The van der Waals surface area contributed by atoms with Crippen molar-refractivity contribution in [2.75, 3.05) is 5.73 Å². The molecule has 1 aromatic carbocycles. The molecule has 0 fully saturated rings. The molecule has 0 aliphatic rings. The molecular formula is C14H16N2O2. The lowest BCUT2D eigenvalue weighted by atomic mass is 10.2. The first-order valence-corrected chi connectivity index (χ1v) is 5.88. The fraction of sp³-hybridized carbons (Fsp3) is 0.214. The number of aryl methyl sites for hydroxylation is 1. The van der Waals surface area contributed by atoms with E-state index in [9.17, 15) is 4.79 Å². The molecule has 2 rings (SSSR count). The van der Waals surface area contributed by atoms with Gasteiger partial charge in [-0.3, -0.25) is 4.79 Å². The maximum Gasteiger partial charge on any atom is 0.220 e. The van der Waals surface area contributed by atoms with Crippen molar-refractivity contribution in [3.05, 3.63) is 54.0 Å². The molecular weight excluding hydrogens is 228 g/mol. The van der Waals surface area contributed by atoms with Crippen molar-refractivity contribution in [2.24, 2.45) is 0 Å². The second kappa shape index (κ2) is 5.91. The fourth-order valence-electron chi connectivity index (χ4n) is 1.67. The Balaban J connectivity index is 1.77. The highest BCUT2D eigenvalue weighted by atomic mass is 16.3. The van der Waals surface area contributed by atoms with Gasteiger partial charge in [0.25, 0.3) is 0 Å². The van der Waals surface area contributed by atoms with Gasteiger partial charge in [-0.05, 0) is 23.8 Å². The first-order chi connectivity index (χ1) is 8.75. The average molecular weight is 244 g/mol. The summed E-state index contributed by atoms with van der Waals surface area (Å²) < 4.78 is 5.17. The Morgan fingerprint density at radius 2 is 2.06 bits per heavy atom. The molecule has 0 atom stereocenters. The van der Waals surface area contributed by atoms with Crippen molar-refractivity contribution in [3.63, 3.8) is 0 Å². The molecule has 0 aliphatic heterocycles. The SMILES string of the molecule is Nc1ccccc1CNC(=O)CCc1ccco1. The minimum atomic E-state index is -0.00495. The van der Waals surface area contributed by atoms with Crippen LogP contribution in [0.15, 0.2) is 47.1 Å². The summed E-state index contributed by atoms with van der Waals surface area (Å²) in [6, 6.07) is 11.2. The van der Waals surface area contributed by atoms with Crippen LogP contribution in [0.4, 0.5) is 5.69 Å². The molecule has 0 bridgehead atoms. The Kier molecular flexibility index (Phi) is 4.02. The van der Waals surface area contributed by atoms with E-state index in [4.69, 9.17) is 10.2 Å². The molecule has 0 unspecified atom stereocenters. The monoisotopic (exact) mass is 244 g/mol. The maximum absolute atomic E-state index is 11.6. The number of rotatable bonds is 5. The van der Waals surface area contributed by atoms with Crippen LogP contribution in [0.5, 0.6) is 0 Å². The summed E-state index contributed by atoms with van der Waals surface area (Å²) in [5.41, 5.74) is 7.42. The highest BCUT2D eigenvalue weighted by molar-refractivity contribution is 5.76. The van der Waals surface area contributed by atoms with Crippen LogP contribution in [0, 0.1) is 0 Å². The number of nitrogen functional groups attached to an aromatic ring is 1. The van der Waals surface area contributed by atoms with E-state index in [2.05, 4.69) is 5.32 Å². The fourth-order valence-corrected chi connectivity index (χ4v) is 1.67. The van der Waals surface area contributed by atoms with E-state index in [1.54, 1.807) is 6.26 Å². The van der Waals surface area contributed by atoms with Gasteiger partial charge in [-0.25, -0.2) is 0 Å². The second-order valence-electron chi connectivity index (χ2n) is 4.05. The van der Waals surface area contributed by atoms with E-state index in [0.29, 0.717) is 25.1 Å². The highest BCUT2D eigenvalue weighted by Crippen LogP contribution is 2.10. The van der Waals surface area contributed by atoms with Gasteiger partial charge in [0.05, 0.1) is 6.26 Å². The van der Waals surface area contributed by atoms with E-state index < -0.39 is 0 Å². The van der Waals surface area contributed by atoms with Gasteiger partial charge in [0, 0.05) is 25.1 Å². The molecule has 2 aromatic rings. The summed E-state index contributed by atoms with van der Waals surface area (Å²) in [4.78, 5) is 11.6. The lowest BCUT2D eigenvalue weighted by Crippen LogP contribution is -2.23. The average Bonchev–Trinajstić information content (AvgIpc) is 2.88. The van der Waals surface area contributed by atoms with Crippen molar-refractivity contribution in [1.82, 2.24) is 5.32 Å². The first-order valence-electron chi connectivity index (χ1n) is 5.88. The lowest BCUT2D eigenvalue weighted by molar-refractivity contribution is -0.121. The molecule has 18 heavy (non-hydrogen) atoms. The van der Waals surface area contributed by atoms with Gasteiger partial charge in [0.15, 0.2) is 0 Å². The molecule has 94 valence electrons. The zero-order valence-corrected chi connectivity index (χ0v) is 10.1. The molecule has 0 saturated heterocycles. The number of furan rings is 1. The molecule has 0 spiro atoms. The van der Waals surface area contributed by atoms with E-state index >= 15 is 0 Å². The van der Waals surface area contributed by atoms with Crippen LogP contribution in [0.25, 0.3) is 0 Å². The summed E-state index contributed by atoms with van der Waals surface area (Å²) in [7, 11) is 0. The third-order valence-electron chi connectivity index (χ3n) is 2.71. The minimum Gasteiger partial charge on any atom is -0.469 e. The number of amides is 1. The lowest BCUT2D eigenvalue weighted by Gasteiger charge is -2.07. The van der Waals surface area contributed by atoms with E-state index in [1.807, 2.05) is 36.4 Å². The van der Waals surface area contributed by atoms with Gasteiger partial charge >= 0.3 is 0 Å². The topological polar surface area (TPSA) is 68.3 Å². The van der Waals surface area contributed by atoms with Crippen LogP contribution in [-0.4, -0.2) is 5.91 Å². The smallest absolute Gasteiger partial charge is 0.220 e. The number of hydrogen-bond acceptors (Lipinski definition) is 3. The predicted octanol–water partition coefficient (Wildman–Crippen LogP) is 2.11. The Morgan fingerprint density at radius 3 is 2.78 bits per heavy atom. The molecule has 3 N–H and O–H groups in total. The molecule has 1 aromatic heterocycles. The van der Waals surface area contributed by atoms with E-state index in [-0.39, 0.29) is 5.91 Å². The van der Waals surface area contributed by atoms with E-state index in [1.165, 1.54) is 0 Å². The summed E-state index contributed by atoms with van der Waals surface area (Å²) >= 11 is 0. The van der Waals surface area contributed by atoms with Crippen LogP contribution in [-0.2, 0) is 17.8 Å². The minimum absolute atomic E-state index is 0.00495. The van der Waals surface area contributed by atoms with Crippen LogP contribution < -0.4 is 11.1 Å². The number of anilines is 1. The summed E-state index contributed by atoms with van der Waals surface area (Å²) in [6.07, 6.45) is 2.64. The van der Waals surface area contributed by atoms with Crippen molar-refractivity contribution in [1.29, 1.82) is 0 Å². The standard InChI is InChI=1S/C14H16N2O2/c15-13-6-2-1-4-11(13)10-16-14(17)8-7-12-5-3-9-18-12/h1-6,9H,7-8,10,15H2,(H,16,17). The van der Waals surface area contributed by atoms with Crippen molar-refractivity contribution >= 4 is 11.6 Å². The Morgan fingerprint density at radius 1 is 1.22 bits per heavy atom. The van der Waals surface area contributed by atoms with Crippen molar-refractivity contribution < 1.29 is 9.21 Å². The van der Waals surface area contributed by atoms with Gasteiger partial charge in [0.1, 0.15) is 5.76 Å². The molecule has 1 heterocycles. The quantitative estimate of drug-likeness (QED) is 0.791. The Bertz CT molecular complexity index is 506. The zero-order chi connectivity index (χ0) is 12.8. The molecule has 0 aliphatic carbocycles. The summed E-state index contributed by atoms with van der Waals surface area (Å²) in [5.74, 6) is 0.819. The largest absolute Gasteiger partial charge is 0.469 e. The van der Waals surface area contributed by atoms with Crippen LogP contribution >= 0.6 is 0 Å². The highest BCUT2D eigenvalue weighted by Gasteiger charge is 2.04. The van der Waals surface area contributed by atoms with Gasteiger partial charge in [-0.2, -0.15) is 0 Å². The molecule has 4 heteroatoms. The molecule has 1 amide bonds. The normalized spacial score (nSPS) is 10.2. The van der Waals surface area contributed by atoms with Gasteiger partial charge < -0.3 is 15.5 Å². The first kappa shape index (κ1) is 12.2. The van der Waals surface area contributed by atoms with Crippen LogP contribution in [0.1, 0.15) is 17.7 Å². The van der Waals surface area contributed by atoms with Gasteiger partial charge in [0.2, 0.25) is 5.91 Å².